The molecule has 3 heteroatoms. The van der Waals surface area contributed by atoms with Gasteiger partial charge in [0.05, 0.1) is 11.7 Å². The van der Waals surface area contributed by atoms with Crippen LogP contribution in [0.3, 0.4) is 0 Å². The molecule has 3 nitrogen and oxygen atoms in total. The van der Waals surface area contributed by atoms with Crippen molar-refractivity contribution in [3.05, 3.63) is 24.3 Å². The fraction of sp³-hybridized carbons (Fsp3) is 0.833. The van der Waals surface area contributed by atoms with Crippen molar-refractivity contribution in [2.45, 2.75) is 117 Å². The number of fused-ring (bicyclic) bond motifs is 3. The van der Waals surface area contributed by atoms with Gasteiger partial charge in [-0.2, -0.15) is 0 Å². The number of hydrogen-bond donors (Lipinski definition) is 1. The highest BCUT2D eigenvalue weighted by Crippen LogP contribution is 2.74. The van der Waals surface area contributed by atoms with E-state index in [2.05, 4.69) is 54.7 Å². The lowest BCUT2D eigenvalue weighted by molar-refractivity contribution is -0.180. The number of carbonyl (C=O) groups is 1. The van der Waals surface area contributed by atoms with Gasteiger partial charge in [0.1, 0.15) is 0 Å². The maximum absolute atomic E-state index is 11.6. The Morgan fingerprint density at radius 1 is 0.879 bits per heavy atom. The average Bonchev–Trinajstić information content (AvgIpc) is 3.29. The minimum Gasteiger partial charge on any atom is -0.481 e. The second-order valence-corrected chi connectivity index (χ2v) is 13.4. The van der Waals surface area contributed by atoms with Gasteiger partial charge >= 0.3 is 5.97 Å². The Morgan fingerprint density at radius 3 is 2.12 bits per heavy atom. The molecule has 4 rings (SSSR count). The van der Waals surface area contributed by atoms with Crippen LogP contribution in [0.1, 0.15) is 106 Å². The average molecular weight is 457 g/mol. The van der Waals surface area contributed by atoms with Crippen molar-refractivity contribution in [2.24, 2.45) is 39.9 Å². The van der Waals surface area contributed by atoms with Crippen LogP contribution in [0.25, 0.3) is 0 Å². The van der Waals surface area contributed by atoms with E-state index in [-0.39, 0.29) is 29.0 Å². The highest BCUT2D eigenvalue weighted by atomic mass is 16.5. The van der Waals surface area contributed by atoms with Crippen LogP contribution >= 0.6 is 0 Å². The van der Waals surface area contributed by atoms with Crippen molar-refractivity contribution in [3.63, 3.8) is 0 Å². The first-order valence-corrected chi connectivity index (χ1v) is 13.5. The van der Waals surface area contributed by atoms with Gasteiger partial charge in [0.2, 0.25) is 0 Å². The Hall–Kier alpha value is -1.09. The molecule has 186 valence electrons. The molecular weight excluding hydrogens is 408 g/mol. The largest absolute Gasteiger partial charge is 0.481 e. The molecule has 3 aliphatic carbocycles. The SMILES string of the molecule is C=C(C)C1CC[C@@](C)([C@@H]2CC[C@]3(C)[C@@H]2CC[C@H]2[C@@](C)(CCC(=O)O)[C@@H](C(=C)C)CC[C@]23C)O1. The molecule has 1 unspecified atom stereocenters. The first-order chi connectivity index (χ1) is 15.3. The molecule has 0 aromatic carbocycles. The topological polar surface area (TPSA) is 46.5 Å². The van der Waals surface area contributed by atoms with E-state index in [4.69, 9.17) is 4.74 Å². The Bertz CT molecular complexity index is 830. The lowest BCUT2D eigenvalue weighted by Crippen LogP contribution is -2.60. The summed E-state index contributed by atoms with van der Waals surface area (Å²) < 4.78 is 6.74. The van der Waals surface area contributed by atoms with Crippen molar-refractivity contribution in [1.29, 1.82) is 0 Å². The van der Waals surface area contributed by atoms with Crippen molar-refractivity contribution in [1.82, 2.24) is 0 Å². The Morgan fingerprint density at radius 2 is 1.55 bits per heavy atom. The predicted octanol–water partition coefficient (Wildman–Crippen LogP) is 7.81. The third-order valence-electron chi connectivity index (χ3n) is 11.8. The number of aliphatic carboxylic acids is 1. The molecule has 4 aliphatic rings. The minimum absolute atomic E-state index is 0.0160. The molecule has 0 aromatic heterocycles. The number of rotatable bonds is 6. The quantitative estimate of drug-likeness (QED) is 0.415. The van der Waals surface area contributed by atoms with Crippen LogP contribution in [0.5, 0.6) is 0 Å². The Labute approximate surface area is 202 Å². The number of hydrogen-bond acceptors (Lipinski definition) is 2. The zero-order chi connectivity index (χ0) is 24.4. The molecular formula is C30H48O3. The third-order valence-corrected chi connectivity index (χ3v) is 11.8. The van der Waals surface area contributed by atoms with E-state index in [0.29, 0.717) is 29.1 Å². The smallest absolute Gasteiger partial charge is 0.303 e. The van der Waals surface area contributed by atoms with Crippen molar-refractivity contribution < 1.29 is 14.6 Å². The van der Waals surface area contributed by atoms with E-state index in [1.807, 2.05) is 0 Å². The zero-order valence-electron chi connectivity index (χ0n) is 22.1. The van der Waals surface area contributed by atoms with E-state index in [0.717, 1.165) is 25.7 Å². The summed E-state index contributed by atoms with van der Waals surface area (Å²) in [6.07, 6.45) is 10.9. The van der Waals surface area contributed by atoms with E-state index < -0.39 is 5.97 Å². The minimum atomic E-state index is -0.664. The van der Waals surface area contributed by atoms with Gasteiger partial charge in [-0.25, -0.2) is 0 Å². The van der Waals surface area contributed by atoms with Crippen molar-refractivity contribution >= 4 is 5.97 Å². The maximum Gasteiger partial charge on any atom is 0.303 e. The number of carboxylic acid groups (broad SMARTS) is 1. The molecule has 1 N–H and O–H groups in total. The van der Waals surface area contributed by atoms with Gasteiger partial charge in [0.15, 0.2) is 0 Å². The highest BCUT2D eigenvalue weighted by Gasteiger charge is 2.67. The fourth-order valence-electron chi connectivity index (χ4n) is 9.86. The van der Waals surface area contributed by atoms with Crippen LogP contribution in [0, 0.1) is 39.9 Å². The molecule has 3 saturated carbocycles. The second kappa shape index (κ2) is 8.25. The van der Waals surface area contributed by atoms with Gasteiger partial charge in [-0.3, -0.25) is 4.79 Å². The molecule has 9 atom stereocenters. The lowest BCUT2D eigenvalue weighted by atomic mass is 9.38. The molecule has 0 spiro atoms. The predicted molar refractivity (Wildman–Crippen MR) is 135 cm³/mol. The second-order valence-electron chi connectivity index (χ2n) is 13.4. The first kappa shape index (κ1) is 25.0. The maximum atomic E-state index is 11.6. The van der Waals surface area contributed by atoms with Crippen molar-refractivity contribution in [2.75, 3.05) is 0 Å². The van der Waals surface area contributed by atoms with Crippen LogP contribution < -0.4 is 0 Å². The Balaban J connectivity index is 1.65. The lowest BCUT2D eigenvalue weighted by Gasteiger charge is -2.66. The molecule has 1 aliphatic heterocycles. The summed E-state index contributed by atoms with van der Waals surface area (Å²) in [4.78, 5) is 11.6. The molecule has 4 fully saturated rings. The standard InChI is InChI=1S/C30H48O3/c1-19(2)21-11-17-29(7)25(27(21,5)15-14-26(31)32)10-9-22-23(12-16-28(22,29)6)30(8)18-13-24(33-30)20(3)4/h21-25H,1,3,9-18H2,2,4-8H3,(H,31,32)/t21-,22-,23-,24?,25+,27+,28-,29-,30+/m1/s1. The molecule has 1 saturated heterocycles. The molecule has 0 aromatic rings. The van der Waals surface area contributed by atoms with Crippen molar-refractivity contribution in [3.8, 4) is 0 Å². The normalized spacial score (nSPS) is 49.3. The van der Waals surface area contributed by atoms with E-state index in [9.17, 15) is 9.90 Å². The van der Waals surface area contributed by atoms with Gasteiger partial charge in [0.25, 0.3) is 0 Å². The highest BCUT2D eigenvalue weighted by molar-refractivity contribution is 5.66. The fourth-order valence-corrected chi connectivity index (χ4v) is 9.86. The summed E-state index contributed by atoms with van der Waals surface area (Å²) >= 11 is 0. The summed E-state index contributed by atoms with van der Waals surface area (Å²) in [6.45, 7) is 22.8. The van der Waals surface area contributed by atoms with E-state index in [1.165, 1.54) is 43.3 Å². The molecule has 0 radical (unpaired) electrons. The first-order valence-electron chi connectivity index (χ1n) is 13.5. The summed E-state index contributed by atoms with van der Waals surface area (Å²) in [6, 6.07) is 0. The summed E-state index contributed by atoms with van der Waals surface area (Å²) in [5.41, 5.74) is 2.94. The number of carboxylic acids is 1. The summed E-state index contributed by atoms with van der Waals surface area (Å²) in [5.74, 6) is 1.63. The van der Waals surface area contributed by atoms with E-state index in [1.54, 1.807) is 0 Å². The van der Waals surface area contributed by atoms with Gasteiger partial charge in [-0.1, -0.05) is 45.1 Å². The molecule has 1 heterocycles. The molecule has 0 amide bonds. The molecule has 0 bridgehead atoms. The number of ether oxygens (including phenoxy) is 1. The third kappa shape index (κ3) is 3.67. The van der Waals surface area contributed by atoms with Gasteiger partial charge in [-0.15, -0.1) is 0 Å². The van der Waals surface area contributed by atoms with Crippen LogP contribution in [-0.4, -0.2) is 22.8 Å². The number of allylic oxidation sites excluding steroid dienone is 1. The van der Waals surface area contributed by atoms with E-state index >= 15 is 0 Å². The zero-order valence-corrected chi connectivity index (χ0v) is 22.1. The van der Waals surface area contributed by atoms with Gasteiger partial charge in [-0.05, 0) is 118 Å². The van der Waals surface area contributed by atoms with Crippen LogP contribution in [0.15, 0.2) is 24.3 Å². The van der Waals surface area contributed by atoms with Gasteiger partial charge in [0, 0.05) is 6.42 Å². The molecule has 33 heavy (non-hydrogen) atoms. The van der Waals surface area contributed by atoms with Gasteiger partial charge < -0.3 is 9.84 Å². The monoisotopic (exact) mass is 456 g/mol. The van der Waals surface area contributed by atoms with Crippen LogP contribution in [0.4, 0.5) is 0 Å². The van der Waals surface area contributed by atoms with Crippen LogP contribution in [-0.2, 0) is 9.53 Å². The summed E-state index contributed by atoms with van der Waals surface area (Å²) in [7, 11) is 0. The Kier molecular flexibility index (Phi) is 6.25. The van der Waals surface area contributed by atoms with Crippen LogP contribution in [0.2, 0.25) is 0 Å². The summed E-state index contributed by atoms with van der Waals surface area (Å²) in [5, 5.41) is 9.55.